The van der Waals surface area contributed by atoms with Crippen LogP contribution in [0, 0.1) is 17.2 Å². The van der Waals surface area contributed by atoms with Gasteiger partial charge in [-0.1, -0.05) is 0 Å². The van der Waals surface area contributed by atoms with Crippen molar-refractivity contribution in [2.45, 2.75) is 12.8 Å². The van der Waals surface area contributed by atoms with E-state index in [-0.39, 0.29) is 11.8 Å². The van der Waals surface area contributed by atoms with Crippen LogP contribution in [0.3, 0.4) is 0 Å². The van der Waals surface area contributed by atoms with Gasteiger partial charge in [-0.25, -0.2) is 4.98 Å². The molecule has 1 aliphatic rings. The van der Waals surface area contributed by atoms with Crippen LogP contribution in [0.2, 0.25) is 0 Å². The Bertz CT molecular complexity index is 508. The van der Waals surface area contributed by atoms with Gasteiger partial charge in [-0.3, -0.25) is 4.79 Å². The average molecular weight is 245 g/mol. The number of hydrogen-bond acceptors (Lipinski definition) is 5. The Morgan fingerprint density at radius 2 is 2.39 bits per heavy atom. The van der Waals surface area contributed by atoms with E-state index in [0.717, 1.165) is 19.4 Å². The molecule has 1 unspecified atom stereocenters. The Labute approximate surface area is 105 Å². The van der Waals surface area contributed by atoms with Gasteiger partial charge in [0.25, 0.3) is 0 Å². The number of nitrogens with zero attached hydrogens (tertiary/aromatic N) is 3. The van der Waals surface area contributed by atoms with Crippen molar-refractivity contribution in [3.8, 4) is 6.07 Å². The molecular formula is C12H15N5O. The lowest BCUT2D eigenvalue weighted by Crippen LogP contribution is -2.41. The second kappa shape index (κ2) is 4.92. The van der Waals surface area contributed by atoms with E-state index in [1.54, 1.807) is 6.07 Å². The first kappa shape index (κ1) is 12.2. The number of nitrogen functional groups attached to an aromatic ring is 1. The fourth-order valence-electron chi connectivity index (χ4n) is 2.20. The zero-order chi connectivity index (χ0) is 13.1. The smallest absolute Gasteiger partial charge is 0.222 e. The van der Waals surface area contributed by atoms with Crippen LogP contribution >= 0.6 is 0 Å². The molecule has 1 aliphatic heterocycles. The van der Waals surface area contributed by atoms with Gasteiger partial charge in [0.15, 0.2) is 5.82 Å². The lowest BCUT2D eigenvalue weighted by molar-refractivity contribution is -0.122. The number of amides is 1. The van der Waals surface area contributed by atoms with Crippen molar-refractivity contribution in [2.24, 2.45) is 11.7 Å². The van der Waals surface area contributed by atoms with Crippen molar-refractivity contribution in [1.29, 1.82) is 5.26 Å². The van der Waals surface area contributed by atoms with Gasteiger partial charge in [0.1, 0.15) is 6.07 Å². The van der Waals surface area contributed by atoms with Gasteiger partial charge in [-0.05, 0) is 18.9 Å². The first-order valence-electron chi connectivity index (χ1n) is 5.81. The number of piperidine rings is 1. The molecular weight excluding hydrogens is 230 g/mol. The van der Waals surface area contributed by atoms with E-state index < -0.39 is 0 Å². The SMILES string of the molecule is N#Cc1cnc(N2CCCC(C(N)=O)C2)c(N)c1. The van der Waals surface area contributed by atoms with E-state index in [1.165, 1.54) is 6.20 Å². The number of primary amides is 1. The van der Waals surface area contributed by atoms with E-state index >= 15 is 0 Å². The number of aromatic nitrogens is 1. The molecule has 0 spiro atoms. The van der Waals surface area contributed by atoms with Gasteiger partial charge in [0.05, 0.1) is 17.2 Å². The summed E-state index contributed by atoms with van der Waals surface area (Å²) in [5.74, 6) is 0.183. The Morgan fingerprint density at radius 1 is 1.61 bits per heavy atom. The van der Waals surface area contributed by atoms with Crippen LogP contribution in [0.4, 0.5) is 11.5 Å². The van der Waals surface area contributed by atoms with Gasteiger partial charge < -0.3 is 16.4 Å². The molecule has 0 aliphatic carbocycles. The first-order chi connectivity index (χ1) is 8.61. The highest BCUT2D eigenvalue weighted by Gasteiger charge is 2.25. The molecule has 4 N–H and O–H groups in total. The molecule has 2 rings (SSSR count). The Hall–Kier alpha value is -2.29. The van der Waals surface area contributed by atoms with E-state index in [2.05, 4.69) is 4.98 Å². The van der Waals surface area contributed by atoms with Gasteiger partial charge in [-0.2, -0.15) is 5.26 Å². The van der Waals surface area contributed by atoms with Crippen molar-refractivity contribution >= 4 is 17.4 Å². The maximum absolute atomic E-state index is 11.2. The van der Waals surface area contributed by atoms with E-state index in [9.17, 15) is 4.79 Å². The molecule has 2 heterocycles. The number of nitriles is 1. The summed E-state index contributed by atoms with van der Waals surface area (Å²) >= 11 is 0. The summed E-state index contributed by atoms with van der Waals surface area (Å²) in [6.45, 7) is 1.34. The third-order valence-electron chi connectivity index (χ3n) is 3.15. The number of nitrogens with two attached hydrogens (primary N) is 2. The molecule has 0 bridgehead atoms. The molecule has 1 aromatic heterocycles. The number of rotatable bonds is 2. The molecule has 18 heavy (non-hydrogen) atoms. The quantitative estimate of drug-likeness (QED) is 0.775. The van der Waals surface area contributed by atoms with Crippen molar-refractivity contribution in [3.63, 3.8) is 0 Å². The van der Waals surface area contributed by atoms with E-state index in [1.807, 2.05) is 11.0 Å². The van der Waals surface area contributed by atoms with Crippen LogP contribution < -0.4 is 16.4 Å². The highest BCUT2D eigenvalue weighted by molar-refractivity contribution is 5.78. The third-order valence-corrected chi connectivity index (χ3v) is 3.15. The molecule has 6 heteroatoms. The second-order valence-electron chi connectivity index (χ2n) is 4.44. The first-order valence-corrected chi connectivity index (χ1v) is 5.81. The summed E-state index contributed by atoms with van der Waals surface area (Å²) in [5, 5.41) is 8.76. The Kier molecular flexibility index (Phi) is 3.33. The largest absolute Gasteiger partial charge is 0.396 e. The number of carbonyl (C=O) groups is 1. The van der Waals surface area contributed by atoms with Crippen LogP contribution in [0.25, 0.3) is 0 Å². The summed E-state index contributed by atoms with van der Waals surface area (Å²) in [7, 11) is 0. The second-order valence-corrected chi connectivity index (χ2v) is 4.44. The summed E-state index contributed by atoms with van der Waals surface area (Å²) in [6, 6.07) is 3.58. The predicted molar refractivity (Wildman–Crippen MR) is 67.5 cm³/mol. The minimum atomic E-state index is -0.285. The lowest BCUT2D eigenvalue weighted by Gasteiger charge is -2.32. The van der Waals surface area contributed by atoms with Gasteiger partial charge >= 0.3 is 0 Å². The van der Waals surface area contributed by atoms with Gasteiger partial charge in [-0.15, -0.1) is 0 Å². The van der Waals surface area contributed by atoms with Crippen molar-refractivity contribution in [2.75, 3.05) is 23.7 Å². The summed E-state index contributed by atoms with van der Waals surface area (Å²) in [4.78, 5) is 17.4. The zero-order valence-electron chi connectivity index (χ0n) is 9.97. The lowest BCUT2D eigenvalue weighted by atomic mass is 9.97. The molecule has 1 atom stereocenters. The normalized spacial score (nSPS) is 19.3. The summed E-state index contributed by atoms with van der Waals surface area (Å²) in [6.07, 6.45) is 3.18. The topological polar surface area (TPSA) is 109 Å². The van der Waals surface area contributed by atoms with E-state index in [4.69, 9.17) is 16.7 Å². The van der Waals surface area contributed by atoms with E-state index in [0.29, 0.717) is 23.6 Å². The van der Waals surface area contributed by atoms with Crippen LogP contribution in [0.15, 0.2) is 12.3 Å². The van der Waals surface area contributed by atoms with Crippen molar-refractivity contribution < 1.29 is 4.79 Å². The number of carbonyl (C=O) groups excluding carboxylic acids is 1. The standard InChI is InChI=1S/C12H15N5O/c13-5-8-4-10(14)12(16-6-8)17-3-1-2-9(7-17)11(15)18/h4,6,9H,1-3,7,14H2,(H2,15,18). The highest BCUT2D eigenvalue weighted by Crippen LogP contribution is 2.26. The fourth-order valence-corrected chi connectivity index (χ4v) is 2.20. The minimum absolute atomic E-state index is 0.157. The minimum Gasteiger partial charge on any atom is -0.396 e. The van der Waals surface area contributed by atoms with Crippen molar-refractivity contribution in [1.82, 2.24) is 4.98 Å². The van der Waals surface area contributed by atoms with Crippen LogP contribution in [-0.2, 0) is 4.79 Å². The monoisotopic (exact) mass is 245 g/mol. The summed E-state index contributed by atoms with van der Waals surface area (Å²) < 4.78 is 0. The zero-order valence-corrected chi connectivity index (χ0v) is 9.97. The maximum Gasteiger partial charge on any atom is 0.222 e. The molecule has 94 valence electrons. The number of pyridine rings is 1. The average Bonchev–Trinajstić information content (AvgIpc) is 2.38. The Balaban J connectivity index is 2.21. The van der Waals surface area contributed by atoms with Crippen LogP contribution in [0.5, 0.6) is 0 Å². The number of hydrogen-bond donors (Lipinski definition) is 2. The van der Waals surface area contributed by atoms with Gasteiger partial charge in [0, 0.05) is 19.3 Å². The third kappa shape index (κ3) is 2.35. The summed E-state index contributed by atoms with van der Waals surface area (Å²) in [5.41, 5.74) is 12.1. The number of anilines is 2. The predicted octanol–water partition coefficient (Wildman–Crippen LogP) is 0.237. The fraction of sp³-hybridized carbons (Fsp3) is 0.417. The van der Waals surface area contributed by atoms with Crippen LogP contribution in [0.1, 0.15) is 18.4 Å². The van der Waals surface area contributed by atoms with Gasteiger partial charge in [0.2, 0.25) is 5.91 Å². The molecule has 6 nitrogen and oxygen atoms in total. The van der Waals surface area contributed by atoms with Crippen molar-refractivity contribution in [3.05, 3.63) is 17.8 Å². The molecule has 0 aromatic carbocycles. The molecule has 0 radical (unpaired) electrons. The maximum atomic E-state index is 11.2. The molecule has 1 amide bonds. The molecule has 1 saturated heterocycles. The molecule has 0 saturated carbocycles. The highest BCUT2D eigenvalue weighted by atomic mass is 16.1. The Morgan fingerprint density at radius 3 is 3.00 bits per heavy atom. The molecule has 1 aromatic rings. The van der Waals surface area contributed by atoms with Crippen LogP contribution in [-0.4, -0.2) is 24.0 Å². The molecule has 1 fully saturated rings.